The smallest absolute Gasteiger partial charge is 0.272 e. The largest absolute Gasteiger partial charge is 0.281 e. The first-order valence-corrected chi connectivity index (χ1v) is 6.65. The van der Waals surface area contributed by atoms with E-state index in [-0.39, 0.29) is 44.2 Å². The van der Waals surface area contributed by atoms with Gasteiger partial charge < -0.3 is 0 Å². The Labute approximate surface area is 120 Å². The van der Waals surface area contributed by atoms with E-state index in [1.807, 2.05) is 0 Å². The Morgan fingerprint density at radius 2 is 1.62 bits per heavy atom. The van der Waals surface area contributed by atoms with Crippen LogP contribution in [0.5, 0.6) is 0 Å². The standard InChI is InChI=1S/C13H15N3O5/c1-2-9(17)15(16-12(20)5-6-13(16)21)8-7-14-10(18)3-4-11(14)19/h5-6H,2-4,7-8H2,1H3. The Bertz CT molecular complexity index is 520. The van der Waals surface area contributed by atoms with Gasteiger partial charge in [-0.1, -0.05) is 6.92 Å². The second-order valence-corrected chi connectivity index (χ2v) is 4.63. The number of nitrogens with zero attached hydrogens (tertiary/aromatic N) is 3. The zero-order valence-electron chi connectivity index (χ0n) is 11.6. The summed E-state index contributed by atoms with van der Waals surface area (Å²) in [5, 5.41) is 1.72. The van der Waals surface area contributed by atoms with E-state index < -0.39 is 17.7 Å². The van der Waals surface area contributed by atoms with Crippen molar-refractivity contribution in [2.75, 3.05) is 13.1 Å². The number of amides is 5. The minimum Gasteiger partial charge on any atom is -0.281 e. The Hall–Kier alpha value is -2.51. The highest BCUT2D eigenvalue weighted by Crippen LogP contribution is 2.14. The van der Waals surface area contributed by atoms with Crippen LogP contribution in [0.1, 0.15) is 26.2 Å². The predicted molar refractivity (Wildman–Crippen MR) is 69.0 cm³/mol. The van der Waals surface area contributed by atoms with Gasteiger partial charge in [0.05, 0.1) is 6.54 Å². The van der Waals surface area contributed by atoms with Crippen LogP contribution < -0.4 is 0 Å². The van der Waals surface area contributed by atoms with Crippen LogP contribution in [-0.2, 0) is 24.0 Å². The molecule has 0 aromatic heterocycles. The number of hydrogen-bond donors (Lipinski definition) is 0. The van der Waals surface area contributed by atoms with Crippen molar-refractivity contribution in [3.63, 3.8) is 0 Å². The summed E-state index contributed by atoms with van der Waals surface area (Å²) in [6, 6.07) is 0. The third-order valence-corrected chi connectivity index (χ3v) is 3.31. The van der Waals surface area contributed by atoms with Crippen molar-refractivity contribution in [1.29, 1.82) is 0 Å². The lowest BCUT2D eigenvalue weighted by Gasteiger charge is -2.30. The van der Waals surface area contributed by atoms with Crippen molar-refractivity contribution < 1.29 is 24.0 Å². The molecule has 1 fully saturated rings. The highest BCUT2D eigenvalue weighted by molar-refractivity contribution is 6.13. The number of carbonyl (C=O) groups excluding carboxylic acids is 5. The van der Waals surface area contributed by atoms with Gasteiger partial charge >= 0.3 is 0 Å². The molecule has 0 spiro atoms. The molecule has 0 aromatic carbocycles. The number of hydrogen-bond acceptors (Lipinski definition) is 5. The van der Waals surface area contributed by atoms with E-state index in [1.54, 1.807) is 6.92 Å². The van der Waals surface area contributed by atoms with Crippen LogP contribution in [0.25, 0.3) is 0 Å². The molecule has 2 rings (SSSR count). The zero-order chi connectivity index (χ0) is 15.6. The van der Waals surface area contributed by atoms with E-state index in [0.717, 1.165) is 27.1 Å². The van der Waals surface area contributed by atoms with Crippen LogP contribution in [0, 0.1) is 0 Å². The summed E-state index contributed by atoms with van der Waals surface area (Å²) in [6.07, 6.45) is 2.56. The maximum atomic E-state index is 11.9. The number of carbonyl (C=O) groups is 5. The molecule has 0 atom stereocenters. The average molecular weight is 293 g/mol. The molecule has 8 nitrogen and oxygen atoms in total. The quantitative estimate of drug-likeness (QED) is 0.619. The van der Waals surface area contributed by atoms with Gasteiger partial charge in [-0.3, -0.25) is 28.9 Å². The molecule has 0 aliphatic carbocycles. The zero-order valence-corrected chi connectivity index (χ0v) is 11.6. The molecule has 5 amide bonds. The lowest BCUT2D eigenvalue weighted by molar-refractivity contribution is -0.167. The maximum absolute atomic E-state index is 11.9. The predicted octanol–water partition coefficient (Wildman–Crippen LogP) is -0.786. The fourth-order valence-corrected chi connectivity index (χ4v) is 2.22. The van der Waals surface area contributed by atoms with Gasteiger partial charge in [-0.15, -0.1) is 0 Å². The molecule has 21 heavy (non-hydrogen) atoms. The summed E-state index contributed by atoms with van der Waals surface area (Å²) >= 11 is 0. The molecule has 0 aromatic rings. The highest BCUT2D eigenvalue weighted by atomic mass is 16.2. The molecule has 2 aliphatic heterocycles. The van der Waals surface area contributed by atoms with Gasteiger partial charge in [-0.05, 0) is 0 Å². The SMILES string of the molecule is CCC(=O)N(CCN1C(=O)CCC1=O)N1C(=O)C=CC1=O. The molecule has 0 radical (unpaired) electrons. The summed E-state index contributed by atoms with van der Waals surface area (Å²) in [5.41, 5.74) is 0. The van der Waals surface area contributed by atoms with Crippen LogP contribution >= 0.6 is 0 Å². The van der Waals surface area contributed by atoms with E-state index >= 15 is 0 Å². The highest BCUT2D eigenvalue weighted by Gasteiger charge is 2.34. The second-order valence-electron chi connectivity index (χ2n) is 4.63. The minimum absolute atomic E-state index is 0.0273. The summed E-state index contributed by atoms with van der Waals surface area (Å²) in [7, 11) is 0. The van der Waals surface area contributed by atoms with Crippen LogP contribution in [-0.4, -0.2) is 57.5 Å². The molecule has 1 saturated heterocycles. The lowest BCUT2D eigenvalue weighted by Crippen LogP contribution is -2.52. The van der Waals surface area contributed by atoms with Crippen LogP contribution in [0.3, 0.4) is 0 Å². The molecule has 2 heterocycles. The first-order chi connectivity index (χ1) is 9.95. The molecule has 0 N–H and O–H groups in total. The van der Waals surface area contributed by atoms with Gasteiger partial charge in [0.25, 0.3) is 11.8 Å². The van der Waals surface area contributed by atoms with Crippen LogP contribution in [0.4, 0.5) is 0 Å². The van der Waals surface area contributed by atoms with Gasteiger partial charge in [0.2, 0.25) is 17.7 Å². The van der Waals surface area contributed by atoms with E-state index in [2.05, 4.69) is 0 Å². The first kappa shape index (κ1) is 14.9. The number of hydrazine groups is 1. The Kier molecular flexibility index (Phi) is 4.15. The number of rotatable bonds is 5. The summed E-state index contributed by atoms with van der Waals surface area (Å²) in [6.45, 7) is 1.49. The van der Waals surface area contributed by atoms with Crippen molar-refractivity contribution >= 4 is 29.5 Å². The minimum atomic E-state index is -0.610. The second kappa shape index (κ2) is 5.86. The van der Waals surface area contributed by atoms with Crippen molar-refractivity contribution in [2.45, 2.75) is 26.2 Å². The van der Waals surface area contributed by atoms with Gasteiger partial charge in [0, 0.05) is 38.0 Å². The number of likely N-dealkylation sites (tertiary alicyclic amines) is 1. The van der Waals surface area contributed by atoms with Gasteiger partial charge in [0.1, 0.15) is 0 Å². The van der Waals surface area contributed by atoms with E-state index in [9.17, 15) is 24.0 Å². The molecule has 8 heteroatoms. The summed E-state index contributed by atoms with van der Waals surface area (Å²) < 4.78 is 0. The van der Waals surface area contributed by atoms with Crippen LogP contribution in [0.2, 0.25) is 0 Å². The maximum Gasteiger partial charge on any atom is 0.272 e. The third kappa shape index (κ3) is 2.83. The molecular weight excluding hydrogens is 278 g/mol. The van der Waals surface area contributed by atoms with Gasteiger partial charge in [-0.25, -0.2) is 5.01 Å². The normalized spacial score (nSPS) is 18.1. The first-order valence-electron chi connectivity index (χ1n) is 6.65. The Morgan fingerprint density at radius 3 is 2.10 bits per heavy atom. The lowest BCUT2D eigenvalue weighted by atomic mass is 10.4. The monoisotopic (exact) mass is 293 g/mol. The Balaban J connectivity index is 2.09. The fraction of sp³-hybridized carbons (Fsp3) is 0.462. The third-order valence-electron chi connectivity index (χ3n) is 3.31. The fourth-order valence-electron chi connectivity index (χ4n) is 2.22. The van der Waals surface area contributed by atoms with E-state index in [0.29, 0.717) is 0 Å². The summed E-state index contributed by atoms with van der Waals surface area (Å²) in [5.74, 6) is -2.26. The summed E-state index contributed by atoms with van der Waals surface area (Å²) in [4.78, 5) is 59.3. The number of imide groups is 2. The molecule has 112 valence electrons. The van der Waals surface area contributed by atoms with Gasteiger partial charge in [-0.2, -0.15) is 5.01 Å². The average Bonchev–Trinajstić information content (AvgIpc) is 2.95. The van der Waals surface area contributed by atoms with Crippen molar-refractivity contribution in [1.82, 2.24) is 14.9 Å². The molecular formula is C13H15N3O5. The Morgan fingerprint density at radius 1 is 1.10 bits per heavy atom. The molecule has 2 aliphatic rings. The van der Waals surface area contributed by atoms with Crippen LogP contribution in [0.15, 0.2) is 12.2 Å². The van der Waals surface area contributed by atoms with Crippen molar-refractivity contribution in [2.24, 2.45) is 0 Å². The van der Waals surface area contributed by atoms with E-state index in [1.165, 1.54) is 0 Å². The topological polar surface area (TPSA) is 95.1 Å². The molecule has 0 saturated carbocycles. The van der Waals surface area contributed by atoms with Gasteiger partial charge in [0.15, 0.2) is 0 Å². The van der Waals surface area contributed by atoms with Crippen molar-refractivity contribution in [3.05, 3.63) is 12.2 Å². The molecule has 0 bridgehead atoms. The molecule has 0 unspecified atom stereocenters. The van der Waals surface area contributed by atoms with Crippen molar-refractivity contribution in [3.8, 4) is 0 Å². The van der Waals surface area contributed by atoms with E-state index in [4.69, 9.17) is 0 Å².